The van der Waals surface area contributed by atoms with Gasteiger partial charge in [-0.15, -0.1) is 6.58 Å². The van der Waals surface area contributed by atoms with E-state index in [1.54, 1.807) is 0 Å². The van der Waals surface area contributed by atoms with E-state index in [-0.39, 0.29) is 18.2 Å². The number of halogens is 1. The molecule has 0 N–H and O–H groups in total. The maximum Gasteiger partial charge on any atom is 0.302 e. The smallest absolute Gasteiger partial charge is 0.302 e. The summed E-state index contributed by atoms with van der Waals surface area (Å²) in [6.07, 6.45) is 6.04. The highest BCUT2D eigenvalue weighted by Crippen LogP contribution is 2.27. The molecule has 0 radical (unpaired) electrons. The molecule has 0 aromatic heterocycles. The minimum Gasteiger partial charge on any atom is -0.466 e. The highest BCUT2D eigenvalue weighted by molar-refractivity contribution is 9.09. The molecule has 0 bridgehead atoms. The van der Waals surface area contributed by atoms with Gasteiger partial charge in [-0.2, -0.15) is 0 Å². The quantitative estimate of drug-likeness (QED) is 0.338. The van der Waals surface area contributed by atoms with Crippen molar-refractivity contribution in [1.82, 2.24) is 0 Å². The zero-order valence-electron chi connectivity index (χ0n) is 9.65. The summed E-state index contributed by atoms with van der Waals surface area (Å²) < 4.78 is 10.7. The van der Waals surface area contributed by atoms with Crippen molar-refractivity contribution in [2.75, 3.05) is 6.61 Å². The van der Waals surface area contributed by atoms with Crippen molar-refractivity contribution in [2.45, 2.75) is 49.6 Å². The van der Waals surface area contributed by atoms with E-state index >= 15 is 0 Å². The van der Waals surface area contributed by atoms with Crippen molar-refractivity contribution in [3.8, 4) is 0 Å². The molecule has 0 aromatic rings. The SMILES string of the molecule is C=C[C@H]1C[C@@H](Br)C[C@@H](CCCOC(C)=O)O1. The summed E-state index contributed by atoms with van der Waals surface area (Å²) in [5, 5.41) is 0. The van der Waals surface area contributed by atoms with Crippen molar-refractivity contribution < 1.29 is 14.3 Å². The average molecular weight is 291 g/mol. The molecule has 92 valence electrons. The summed E-state index contributed by atoms with van der Waals surface area (Å²) >= 11 is 3.63. The predicted octanol–water partition coefficient (Wildman–Crippen LogP) is 2.83. The largest absolute Gasteiger partial charge is 0.466 e. The Labute approximate surface area is 105 Å². The fraction of sp³-hybridized carbons (Fsp3) is 0.750. The lowest BCUT2D eigenvalue weighted by Crippen LogP contribution is -2.32. The Morgan fingerprint density at radius 3 is 3.00 bits per heavy atom. The van der Waals surface area contributed by atoms with E-state index in [0.717, 1.165) is 25.7 Å². The molecule has 0 unspecified atom stereocenters. The maximum absolute atomic E-state index is 10.6. The van der Waals surface area contributed by atoms with Gasteiger partial charge in [-0.05, 0) is 25.7 Å². The third kappa shape index (κ3) is 5.12. The molecule has 0 spiro atoms. The minimum atomic E-state index is -0.216. The topological polar surface area (TPSA) is 35.5 Å². The standard InChI is InChI=1S/C12H19BrO3/c1-3-11-7-10(13)8-12(16-11)5-4-6-15-9(2)14/h3,10-12H,1,4-8H2,2H3/t10-,11+,12-/m1/s1. The molecule has 1 aliphatic rings. The van der Waals surface area contributed by atoms with Gasteiger partial charge in [0.2, 0.25) is 0 Å². The highest BCUT2D eigenvalue weighted by atomic mass is 79.9. The first-order valence-electron chi connectivity index (χ1n) is 5.67. The van der Waals surface area contributed by atoms with Crippen LogP contribution in [-0.2, 0) is 14.3 Å². The molecule has 0 aromatic carbocycles. The Morgan fingerprint density at radius 2 is 2.38 bits per heavy atom. The third-order valence-corrected chi connectivity index (χ3v) is 3.36. The second-order valence-corrected chi connectivity index (χ2v) is 5.38. The van der Waals surface area contributed by atoms with Gasteiger partial charge in [0.15, 0.2) is 0 Å². The van der Waals surface area contributed by atoms with Crippen LogP contribution in [0.4, 0.5) is 0 Å². The van der Waals surface area contributed by atoms with Crippen molar-refractivity contribution >= 4 is 21.9 Å². The summed E-state index contributed by atoms with van der Waals surface area (Å²) in [5.74, 6) is -0.216. The zero-order valence-corrected chi connectivity index (χ0v) is 11.2. The van der Waals surface area contributed by atoms with Crippen molar-refractivity contribution in [2.24, 2.45) is 0 Å². The predicted molar refractivity (Wildman–Crippen MR) is 66.7 cm³/mol. The first kappa shape index (κ1) is 13.7. The van der Waals surface area contributed by atoms with Crippen molar-refractivity contribution in [3.05, 3.63) is 12.7 Å². The average Bonchev–Trinajstić information content (AvgIpc) is 2.23. The molecule has 1 heterocycles. The van der Waals surface area contributed by atoms with Crippen molar-refractivity contribution in [1.29, 1.82) is 0 Å². The van der Waals surface area contributed by atoms with Crippen LogP contribution in [0.3, 0.4) is 0 Å². The maximum atomic E-state index is 10.6. The number of ether oxygens (including phenoxy) is 2. The van der Waals surface area contributed by atoms with E-state index in [1.807, 2.05) is 6.08 Å². The number of hydrogen-bond acceptors (Lipinski definition) is 3. The molecule has 0 amide bonds. The normalized spacial score (nSPS) is 29.8. The van der Waals surface area contributed by atoms with E-state index in [2.05, 4.69) is 22.5 Å². The molecule has 1 rings (SSSR count). The van der Waals surface area contributed by atoms with E-state index in [9.17, 15) is 4.79 Å². The molecule has 0 aliphatic carbocycles. The van der Waals surface area contributed by atoms with Gasteiger partial charge in [-0.3, -0.25) is 4.79 Å². The van der Waals surface area contributed by atoms with Gasteiger partial charge in [0.25, 0.3) is 0 Å². The second-order valence-electron chi connectivity index (χ2n) is 4.08. The third-order valence-electron chi connectivity index (χ3n) is 2.61. The Bertz CT molecular complexity index is 242. The van der Waals surface area contributed by atoms with Gasteiger partial charge in [0.05, 0.1) is 18.8 Å². The molecule has 1 fully saturated rings. The Hall–Kier alpha value is -0.350. The monoisotopic (exact) mass is 290 g/mol. The lowest BCUT2D eigenvalue weighted by Gasteiger charge is -2.31. The van der Waals surface area contributed by atoms with Crippen LogP contribution in [0.15, 0.2) is 12.7 Å². The molecule has 1 aliphatic heterocycles. The van der Waals surface area contributed by atoms with E-state index in [4.69, 9.17) is 9.47 Å². The Balaban J connectivity index is 2.20. The van der Waals surface area contributed by atoms with E-state index in [0.29, 0.717) is 11.4 Å². The summed E-state index contributed by atoms with van der Waals surface area (Å²) in [4.78, 5) is 11.1. The van der Waals surface area contributed by atoms with Gasteiger partial charge < -0.3 is 9.47 Å². The first-order chi connectivity index (χ1) is 7.61. The molecule has 1 saturated heterocycles. The van der Waals surface area contributed by atoms with Crippen LogP contribution < -0.4 is 0 Å². The zero-order chi connectivity index (χ0) is 12.0. The van der Waals surface area contributed by atoms with E-state index in [1.165, 1.54) is 6.92 Å². The number of rotatable bonds is 5. The summed E-state index contributed by atoms with van der Waals surface area (Å²) in [6, 6.07) is 0. The molecular weight excluding hydrogens is 272 g/mol. The Morgan fingerprint density at radius 1 is 1.62 bits per heavy atom. The molecule has 3 atom stereocenters. The van der Waals surface area contributed by atoms with Crippen molar-refractivity contribution in [3.63, 3.8) is 0 Å². The minimum absolute atomic E-state index is 0.150. The number of carbonyl (C=O) groups is 1. The summed E-state index contributed by atoms with van der Waals surface area (Å²) in [7, 11) is 0. The molecular formula is C12H19BrO3. The van der Waals surface area contributed by atoms with Gasteiger partial charge in [-0.1, -0.05) is 22.0 Å². The van der Waals surface area contributed by atoms with Crippen LogP contribution in [0.2, 0.25) is 0 Å². The fourth-order valence-electron chi connectivity index (χ4n) is 1.86. The van der Waals surface area contributed by atoms with Gasteiger partial charge in [-0.25, -0.2) is 0 Å². The molecule has 4 heteroatoms. The lowest BCUT2D eigenvalue weighted by molar-refractivity contribution is -0.141. The summed E-state index contributed by atoms with van der Waals surface area (Å²) in [5.41, 5.74) is 0. The first-order valence-corrected chi connectivity index (χ1v) is 6.59. The molecule has 3 nitrogen and oxygen atoms in total. The van der Waals surface area contributed by atoms with Crippen LogP contribution in [-0.4, -0.2) is 29.6 Å². The van der Waals surface area contributed by atoms with Gasteiger partial charge >= 0.3 is 5.97 Å². The number of alkyl halides is 1. The molecule has 16 heavy (non-hydrogen) atoms. The fourth-order valence-corrected chi connectivity index (χ4v) is 2.64. The number of esters is 1. The van der Waals surface area contributed by atoms with Gasteiger partial charge in [0, 0.05) is 11.8 Å². The second kappa shape index (κ2) is 7.07. The van der Waals surface area contributed by atoms with Crippen LogP contribution in [0.5, 0.6) is 0 Å². The highest BCUT2D eigenvalue weighted by Gasteiger charge is 2.25. The number of hydrogen-bond donors (Lipinski definition) is 0. The van der Waals surface area contributed by atoms with E-state index < -0.39 is 0 Å². The van der Waals surface area contributed by atoms with Gasteiger partial charge in [0.1, 0.15) is 0 Å². The Kier molecular flexibility index (Phi) is 6.06. The lowest BCUT2D eigenvalue weighted by atomic mass is 10.0. The van der Waals surface area contributed by atoms with Crippen LogP contribution >= 0.6 is 15.9 Å². The summed E-state index contributed by atoms with van der Waals surface area (Å²) in [6.45, 7) is 5.67. The molecule has 0 saturated carbocycles. The van der Waals surface area contributed by atoms with Crippen LogP contribution in [0.25, 0.3) is 0 Å². The van der Waals surface area contributed by atoms with Crippen LogP contribution in [0.1, 0.15) is 32.6 Å². The number of carbonyl (C=O) groups excluding carboxylic acids is 1. The van der Waals surface area contributed by atoms with Crippen LogP contribution in [0, 0.1) is 0 Å².